The van der Waals surface area contributed by atoms with E-state index in [2.05, 4.69) is 12.2 Å². The molecule has 3 nitrogen and oxygen atoms in total. The maximum atomic E-state index is 11.6. The van der Waals surface area contributed by atoms with Gasteiger partial charge in [-0.25, -0.2) is 0 Å². The number of rotatable bonds is 6. The average Bonchev–Trinajstić information content (AvgIpc) is 2.69. The molecule has 0 aliphatic heterocycles. The Balaban J connectivity index is 2.30. The zero-order valence-corrected chi connectivity index (χ0v) is 11.0. The highest BCUT2D eigenvalue weighted by atomic mass is 35.5. The molecule has 0 fully saturated rings. The molecule has 5 heteroatoms. The van der Waals surface area contributed by atoms with E-state index in [1.165, 1.54) is 11.3 Å². The molecule has 90 valence electrons. The number of amides is 1. The molecule has 1 amide bonds. The Morgan fingerprint density at radius 2 is 2.38 bits per heavy atom. The fraction of sp³-hybridized carbons (Fsp3) is 0.545. The van der Waals surface area contributed by atoms with Crippen LogP contribution in [0.15, 0.2) is 12.1 Å². The molecule has 0 aliphatic carbocycles. The second-order valence-corrected chi connectivity index (χ2v) is 5.21. The molecule has 1 heterocycles. The monoisotopic (exact) mass is 261 g/mol. The van der Waals surface area contributed by atoms with Crippen molar-refractivity contribution in [1.29, 1.82) is 0 Å². The van der Waals surface area contributed by atoms with Gasteiger partial charge in [-0.2, -0.15) is 0 Å². The Kier molecular flexibility index (Phi) is 5.80. The van der Waals surface area contributed by atoms with Gasteiger partial charge in [0.2, 0.25) is 0 Å². The van der Waals surface area contributed by atoms with Gasteiger partial charge in [0.15, 0.2) is 0 Å². The van der Waals surface area contributed by atoms with E-state index in [1.54, 1.807) is 12.1 Å². The van der Waals surface area contributed by atoms with Gasteiger partial charge < -0.3 is 10.1 Å². The molecule has 0 bridgehead atoms. The normalized spacial score (nSPS) is 12.4. The van der Waals surface area contributed by atoms with Crippen LogP contribution in [0, 0.1) is 0 Å². The quantitative estimate of drug-likeness (QED) is 0.855. The van der Waals surface area contributed by atoms with Crippen LogP contribution in [0.4, 0.5) is 0 Å². The Morgan fingerprint density at radius 1 is 1.62 bits per heavy atom. The predicted molar refractivity (Wildman–Crippen MR) is 67.4 cm³/mol. The lowest BCUT2D eigenvalue weighted by molar-refractivity contribution is 0.0623. The number of halogens is 1. The van der Waals surface area contributed by atoms with Crippen molar-refractivity contribution in [1.82, 2.24) is 5.32 Å². The van der Waals surface area contributed by atoms with Crippen molar-refractivity contribution in [3.05, 3.63) is 21.3 Å². The average molecular weight is 262 g/mol. The summed E-state index contributed by atoms with van der Waals surface area (Å²) in [5.41, 5.74) is 0. The first-order chi connectivity index (χ1) is 7.63. The molecule has 1 N–H and O–H groups in total. The Bertz CT molecular complexity index is 340. The molecule has 1 aromatic heterocycles. The molecule has 0 radical (unpaired) electrons. The zero-order chi connectivity index (χ0) is 12.0. The Labute approximate surface area is 105 Å². The van der Waals surface area contributed by atoms with E-state index in [1.807, 2.05) is 6.92 Å². The fourth-order valence-corrected chi connectivity index (χ4v) is 2.10. The first kappa shape index (κ1) is 13.5. The van der Waals surface area contributed by atoms with Crippen molar-refractivity contribution >= 4 is 28.8 Å². The van der Waals surface area contributed by atoms with Crippen LogP contribution in [0.25, 0.3) is 0 Å². The topological polar surface area (TPSA) is 38.3 Å². The summed E-state index contributed by atoms with van der Waals surface area (Å²) in [7, 11) is 0. The summed E-state index contributed by atoms with van der Waals surface area (Å²) in [6, 6.07) is 3.44. The number of nitrogens with one attached hydrogen (secondary N) is 1. The molecule has 0 saturated carbocycles. The van der Waals surface area contributed by atoms with Crippen LogP contribution in [0.2, 0.25) is 4.34 Å². The second kappa shape index (κ2) is 6.89. The first-order valence-corrected chi connectivity index (χ1v) is 6.48. The first-order valence-electron chi connectivity index (χ1n) is 5.28. The van der Waals surface area contributed by atoms with Gasteiger partial charge in [-0.05, 0) is 25.5 Å². The maximum absolute atomic E-state index is 11.6. The second-order valence-electron chi connectivity index (χ2n) is 3.50. The van der Waals surface area contributed by atoms with E-state index in [-0.39, 0.29) is 12.0 Å². The van der Waals surface area contributed by atoms with Crippen molar-refractivity contribution in [3.8, 4) is 0 Å². The standard InChI is InChI=1S/C11H16ClNO2S/c1-3-6-15-8(2)7-13-11(14)9-4-5-10(12)16-9/h4-5,8H,3,6-7H2,1-2H3,(H,13,14). The van der Waals surface area contributed by atoms with Gasteiger partial charge >= 0.3 is 0 Å². The summed E-state index contributed by atoms with van der Waals surface area (Å²) < 4.78 is 6.07. The highest BCUT2D eigenvalue weighted by Gasteiger charge is 2.09. The summed E-state index contributed by atoms with van der Waals surface area (Å²) in [4.78, 5) is 12.3. The summed E-state index contributed by atoms with van der Waals surface area (Å²) in [5, 5.41) is 2.81. The van der Waals surface area contributed by atoms with Crippen LogP contribution in [-0.4, -0.2) is 25.2 Å². The third-order valence-electron chi connectivity index (χ3n) is 1.95. The molecule has 0 aliphatic rings. The predicted octanol–water partition coefficient (Wildman–Crippen LogP) is 2.95. The fourth-order valence-electron chi connectivity index (χ4n) is 1.14. The van der Waals surface area contributed by atoms with E-state index >= 15 is 0 Å². The molecule has 16 heavy (non-hydrogen) atoms. The SMILES string of the molecule is CCCOC(C)CNC(=O)c1ccc(Cl)s1. The van der Waals surface area contributed by atoms with Crippen LogP contribution >= 0.6 is 22.9 Å². The third kappa shape index (κ3) is 4.51. The highest BCUT2D eigenvalue weighted by molar-refractivity contribution is 7.17. The van der Waals surface area contributed by atoms with Gasteiger partial charge in [0.1, 0.15) is 0 Å². The van der Waals surface area contributed by atoms with E-state index in [0.717, 1.165) is 13.0 Å². The molecule has 1 rings (SSSR count). The van der Waals surface area contributed by atoms with Crippen LogP contribution < -0.4 is 5.32 Å². The minimum Gasteiger partial charge on any atom is -0.377 e. The van der Waals surface area contributed by atoms with Crippen LogP contribution in [0.3, 0.4) is 0 Å². The smallest absolute Gasteiger partial charge is 0.261 e. The summed E-state index contributed by atoms with van der Waals surface area (Å²) >= 11 is 7.03. The Morgan fingerprint density at radius 3 is 2.94 bits per heavy atom. The van der Waals surface area contributed by atoms with E-state index in [9.17, 15) is 4.79 Å². The van der Waals surface area contributed by atoms with Gasteiger partial charge in [0.05, 0.1) is 15.3 Å². The zero-order valence-electron chi connectivity index (χ0n) is 9.46. The van der Waals surface area contributed by atoms with Gasteiger partial charge in [0, 0.05) is 13.2 Å². The van der Waals surface area contributed by atoms with Gasteiger partial charge in [-0.3, -0.25) is 4.79 Å². The lowest BCUT2D eigenvalue weighted by Crippen LogP contribution is -2.31. The van der Waals surface area contributed by atoms with Crippen molar-refractivity contribution in [2.45, 2.75) is 26.4 Å². The van der Waals surface area contributed by atoms with Gasteiger partial charge in [-0.15, -0.1) is 11.3 Å². The number of ether oxygens (including phenoxy) is 1. The number of hydrogen-bond acceptors (Lipinski definition) is 3. The van der Waals surface area contributed by atoms with Gasteiger partial charge in [0.25, 0.3) is 5.91 Å². The number of carbonyl (C=O) groups is 1. The molecule has 0 saturated heterocycles. The number of thiophene rings is 1. The Hall–Kier alpha value is -0.580. The van der Waals surface area contributed by atoms with E-state index in [0.29, 0.717) is 15.8 Å². The minimum atomic E-state index is -0.0937. The number of carbonyl (C=O) groups excluding carboxylic acids is 1. The van der Waals surface area contributed by atoms with Crippen LogP contribution in [-0.2, 0) is 4.74 Å². The van der Waals surface area contributed by atoms with Crippen molar-refractivity contribution in [3.63, 3.8) is 0 Å². The lowest BCUT2D eigenvalue weighted by Gasteiger charge is -2.12. The molecule has 0 aromatic carbocycles. The third-order valence-corrected chi connectivity index (χ3v) is 3.18. The molecule has 0 spiro atoms. The summed E-state index contributed by atoms with van der Waals surface area (Å²) in [6.45, 7) is 5.24. The largest absolute Gasteiger partial charge is 0.377 e. The molecular formula is C11H16ClNO2S. The van der Waals surface area contributed by atoms with Gasteiger partial charge in [-0.1, -0.05) is 18.5 Å². The lowest BCUT2D eigenvalue weighted by atomic mass is 10.3. The van der Waals surface area contributed by atoms with Crippen LogP contribution in [0.5, 0.6) is 0 Å². The molecule has 1 aromatic rings. The minimum absolute atomic E-state index is 0.0411. The number of hydrogen-bond donors (Lipinski definition) is 1. The molecule has 1 atom stereocenters. The molecular weight excluding hydrogens is 246 g/mol. The van der Waals surface area contributed by atoms with Crippen molar-refractivity contribution < 1.29 is 9.53 Å². The highest BCUT2D eigenvalue weighted by Crippen LogP contribution is 2.20. The van der Waals surface area contributed by atoms with E-state index in [4.69, 9.17) is 16.3 Å². The summed E-state index contributed by atoms with van der Waals surface area (Å²) in [5.74, 6) is -0.0937. The van der Waals surface area contributed by atoms with Crippen LogP contribution in [0.1, 0.15) is 29.9 Å². The molecule has 1 unspecified atom stereocenters. The van der Waals surface area contributed by atoms with Crippen molar-refractivity contribution in [2.24, 2.45) is 0 Å². The summed E-state index contributed by atoms with van der Waals surface area (Å²) in [6.07, 6.45) is 1.03. The van der Waals surface area contributed by atoms with Crippen molar-refractivity contribution in [2.75, 3.05) is 13.2 Å². The maximum Gasteiger partial charge on any atom is 0.261 e. The van der Waals surface area contributed by atoms with E-state index < -0.39 is 0 Å².